The molecule has 6 heteroatoms. The van der Waals surface area contributed by atoms with Crippen LogP contribution in [0.5, 0.6) is 0 Å². The van der Waals surface area contributed by atoms with E-state index in [1.165, 1.54) is 25.1 Å². The highest BCUT2D eigenvalue weighted by Gasteiger charge is 2.19. The van der Waals surface area contributed by atoms with Crippen molar-refractivity contribution in [3.8, 4) is 0 Å². The van der Waals surface area contributed by atoms with Gasteiger partial charge in [0.25, 0.3) is 5.91 Å². The molecule has 2 aromatic carbocycles. The summed E-state index contributed by atoms with van der Waals surface area (Å²) in [6.45, 7) is 3.25. The molecule has 2 rings (SSSR count). The first kappa shape index (κ1) is 17.9. The molecular formula is C18H17ClFNO3. The third-order valence-corrected chi connectivity index (χ3v) is 3.85. The predicted molar refractivity (Wildman–Crippen MR) is 90.5 cm³/mol. The zero-order valence-corrected chi connectivity index (χ0v) is 14.1. The third-order valence-electron chi connectivity index (χ3n) is 3.44. The van der Waals surface area contributed by atoms with Crippen LogP contribution < -0.4 is 5.32 Å². The van der Waals surface area contributed by atoms with Gasteiger partial charge in [-0.2, -0.15) is 0 Å². The number of hydrogen-bond donors (Lipinski definition) is 1. The molecule has 0 aliphatic carbocycles. The zero-order valence-electron chi connectivity index (χ0n) is 13.3. The SMILES string of the molecule is Cc1c(Cl)cccc1NC(=O)[C@@H](C)OC(=O)Cc1cccc(F)c1. The minimum Gasteiger partial charge on any atom is -0.452 e. The van der Waals surface area contributed by atoms with Crippen LogP contribution in [0.1, 0.15) is 18.1 Å². The molecule has 126 valence electrons. The third kappa shape index (κ3) is 4.80. The molecule has 0 unspecified atom stereocenters. The van der Waals surface area contributed by atoms with E-state index in [-0.39, 0.29) is 6.42 Å². The Kier molecular flexibility index (Phi) is 5.93. The van der Waals surface area contributed by atoms with Gasteiger partial charge < -0.3 is 10.1 Å². The number of carbonyl (C=O) groups excluding carboxylic acids is 2. The monoisotopic (exact) mass is 349 g/mol. The van der Waals surface area contributed by atoms with Gasteiger partial charge in [0.05, 0.1) is 6.42 Å². The summed E-state index contributed by atoms with van der Waals surface area (Å²) in [5.74, 6) is -1.50. The van der Waals surface area contributed by atoms with Crippen molar-refractivity contribution in [2.75, 3.05) is 5.32 Å². The molecule has 0 bridgehead atoms. The van der Waals surface area contributed by atoms with Crippen molar-refractivity contribution >= 4 is 29.2 Å². The summed E-state index contributed by atoms with van der Waals surface area (Å²) in [7, 11) is 0. The van der Waals surface area contributed by atoms with Crippen LogP contribution >= 0.6 is 11.6 Å². The van der Waals surface area contributed by atoms with E-state index in [0.29, 0.717) is 16.3 Å². The topological polar surface area (TPSA) is 55.4 Å². The molecule has 4 nitrogen and oxygen atoms in total. The number of amides is 1. The lowest BCUT2D eigenvalue weighted by Gasteiger charge is -2.15. The molecule has 0 heterocycles. The van der Waals surface area contributed by atoms with Crippen LogP contribution in [0.25, 0.3) is 0 Å². The van der Waals surface area contributed by atoms with Crippen molar-refractivity contribution < 1.29 is 18.7 Å². The largest absolute Gasteiger partial charge is 0.452 e. The van der Waals surface area contributed by atoms with E-state index in [1.807, 2.05) is 0 Å². The van der Waals surface area contributed by atoms with Crippen molar-refractivity contribution in [1.29, 1.82) is 0 Å². The lowest BCUT2D eigenvalue weighted by Crippen LogP contribution is -2.30. The van der Waals surface area contributed by atoms with Crippen LogP contribution in [0.4, 0.5) is 10.1 Å². The van der Waals surface area contributed by atoms with Crippen molar-refractivity contribution in [3.63, 3.8) is 0 Å². The van der Waals surface area contributed by atoms with Gasteiger partial charge in [-0.1, -0.05) is 29.8 Å². The molecule has 2 aromatic rings. The fourth-order valence-corrected chi connectivity index (χ4v) is 2.26. The molecule has 1 amide bonds. The van der Waals surface area contributed by atoms with Crippen molar-refractivity contribution in [3.05, 3.63) is 64.4 Å². The summed E-state index contributed by atoms with van der Waals surface area (Å²) in [6.07, 6.45) is -1.09. The summed E-state index contributed by atoms with van der Waals surface area (Å²) in [5.41, 5.74) is 1.77. The number of anilines is 1. The first-order valence-corrected chi connectivity index (χ1v) is 7.74. The van der Waals surface area contributed by atoms with Crippen LogP contribution in [0.15, 0.2) is 42.5 Å². The lowest BCUT2D eigenvalue weighted by molar-refractivity contribution is -0.152. The Labute approximate surface area is 144 Å². The van der Waals surface area contributed by atoms with Gasteiger partial charge in [-0.05, 0) is 49.2 Å². The number of esters is 1. The summed E-state index contributed by atoms with van der Waals surface area (Å²) in [4.78, 5) is 24.0. The van der Waals surface area contributed by atoms with Gasteiger partial charge >= 0.3 is 5.97 Å². The highest BCUT2D eigenvalue weighted by Crippen LogP contribution is 2.23. The number of ether oxygens (including phenoxy) is 1. The van der Waals surface area contributed by atoms with E-state index in [9.17, 15) is 14.0 Å². The number of hydrogen-bond acceptors (Lipinski definition) is 3. The number of nitrogens with one attached hydrogen (secondary N) is 1. The van der Waals surface area contributed by atoms with Gasteiger partial charge in [-0.25, -0.2) is 4.39 Å². The van der Waals surface area contributed by atoms with Crippen LogP contribution in [-0.4, -0.2) is 18.0 Å². The molecule has 0 saturated carbocycles. The van der Waals surface area contributed by atoms with E-state index in [4.69, 9.17) is 16.3 Å². The summed E-state index contributed by atoms with van der Waals surface area (Å²) < 4.78 is 18.2. The van der Waals surface area contributed by atoms with Crippen LogP contribution in [-0.2, 0) is 20.7 Å². The smallest absolute Gasteiger partial charge is 0.311 e. The molecule has 0 saturated heterocycles. The summed E-state index contributed by atoms with van der Waals surface area (Å²) in [6, 6.07) is 10.8. The second-order valence-electron chi connectivity index (χ2n) is 5.34. The van der Waals surface area contributed by atoms with E-state index < -0.39 is 23.8 Å². The van der Waals surface area contributed by atoms with Gasteiger partial charge in [0.1, 0.15) is 5.82 Å². The first-order valence-electron chi connectivity index (χ1n) is 7.36. The first-order chi connectivity index (χ1) is 11.4. The van der Waals surface area contributed by atoms with Crippen LogP contribution in [0.2, 0.25) is 5.02 Å². The normalized spacial score (nSPS) is 11.7. The number of carbonyl (C=O) groups is 2. The molecule has 0 fully saturated rings. The molecule has 0 aromatic heterocycles. The van der Waals surface area contributed by atoms with Gasteiger partial charge in [-0.3, -0.25) is 9.59 Å². The summed E-state index contributed by atoms with van der Waals surface area (Å²) in [5, 5.41) is 3.20. The van der Waals surface area contributed by atoms with E-state index in [0.717, 1.165) is 5.56 Å². The van der Waals surface area contributed by atoms with E-state index >= 15 is 0 Å². The number of benzene rings is 2. The van der Waals surface area contributed by atoms with Crippen molar-refractivity contribution in [2.24, 2.45) is 0 Å². The lowest BCUT2D eigenvalue weighted by atomic mass is 10.1. The highest BCUT2D eigenvalue weighted by molar-refractivity contribution is 6.31. The average Bonchev–Trinajstić information content (AvgIpc) is 2.51. The maximum Gasteiger partial charge on any atom is 0.311 e. The van der Waals surface area contributed by atoms with E-state index in [2.05, 4.69) is 5.32 Å². The molecule has 24 heavy (non-hydrogen) atoms. The Morgan fingerprint density at radius 2 is 1.96 bits per heavy atom. The second kappa shape index (κ2) is 7.93. The van der Waals surface area contributed by atoms with Gasteiger partial charge in [0.15, 0.2) is 6.10 Å². The maximum absolute atomic E-state index is 13.1. The Morgan fingerprint density at radius 1 is 1.25 bits per heavy atom. The molecule has 0 spiro atoms. The molecule has 0 aliphatic rings. The fraction of sp³-hybridized carbons (Fsp3) is 0.222. The maximum atomic E-state index is 13.1. The van der Waals surface area contributed by atoms with Gasteiger partial charge in [-0.15, -0.1) is 0 Å². The van der Waals surface area contributed by atoms with Crippen LogP contribution in [0, 0.1) is 12.7 Å². The Balaban J connectivity index is 1.93. The minimum atomic E-state index is -0.982. The van der Waals surface area contributed by atoms with Crippen molar-refractivity contribution in [1.82, 2.24) is 0 Å². The fourth-order valence-electron chi connectivity index (χ4n) is 2.08. The highest BCUT2D eigenvalue weighted by atomic mass is 35.5. The predicted octanol–water partition coefficient (Wildman–Crippen LogP) is 3.90. The molecule has 0 aliphatic heterocycles. The average molecular weight is 350 g/mol. The molecule has 1 atom stereocenters. The number of rotatable bonds is 5. The summed E-state index contributed by atoms with van der Waals surface area (Å²) >= 11 is 6.00. The van der Waals surface area contributed by atoms with Gasteiger partial charge in [0.2, 0.25) is 0 Å². The Morgan fingerprint density at radius 3 is 2.67 bits per heavy atom. The second-order valence-corrected chi connectivity index (χ2v) is 5.75. The Hall–Kier alpha value is -2.40. The number of halogens is 2. The van der Waals surface area contributed by atoms with E-state index in [1.54, 1.807) is 31.2 Å². The standard InChI is InChI=1S/C18H17ClFNO3/c1-11-15(19)7-4-8-16(11)21-18(23)12(2)24-17(22)10-13-5-3-6-14(20)9-13/h3-9,12H,10H2,1-2H3,(H,21,23)/t12-/m1/s1. The van der Waals surface area contributed by atoms with Gasteiger partial charge in [0, 0.05) is 10.7 Å². The molecule has 1 N–H and O–H groups in total. The molecular weight excluding hydrogens is 333 g/mol. The van der Waals surface area contributed by atoms with Crippen LogP contribution in [0.3, 0.4) is 0 Å². The zero-order chi connectivity index (χ0) is 17.7. The quantitative estimate of drug-likeness (QED) is 0.833. The Bertz CT molecular complexity index is 764. The molecule has 0 radical (unpaired) electrons. The minimum absolute atomic E-state index is 0.106. The van der Waals surface area contributed by atoms with Crippen molar-refractivity contribution in [2.45, 2.75) is 26.4 Å².